The smallest absolute Gasteiger partial charge is 0.406 e. The van der Waals surface area contributed by atoms with Crippen LogP contribution in [0.4, 0.5) is 30.5 Å². The van der Waals surface area contributed by atoms with Crippen LogP contribution in [0.25, 0.3) is 11.0 Å². The Morgan fingerprint density at radius 1 is 0.848 bits per heavy atom. The van der Waals surface area contributed by atoms with Crippen LogP contribution < -0.4 is 14.8 Å². The highest BCUT2D eigenvalue weighted by Crippen LogP contribution is 2.29. The number of aromatic nitrogens is 2. The van der Waals surface area contributed by atoms with Gasteiger partial charge in [0, 0.05) is 5.69 Å². The summed E-state index contributed by atoms with van der Waals surface area (Å²) in [5.41, 5.74) is 2.07. The Bertz CT molecular complexity index is 1410. The number of hydrogen-bond donors (Lipinski definition) is 2. The van der Waals surface area contributed by atoms with Gasteiger partial charge < -0.3 is 10.1 Å². The summed E-state index contributed by atoms with van der Waals surface area (Å²) in [6.45, 7) is 1.77. The second kappa shape index (κ2) is 8.58. The molecule has 33 heavy (non-hydrogen) atoms. The molecule has 0 bridgehead atoms. The van der Waals surface area contributed by atoms with Crippen LogP contribution in [0.15, 0.2) is 77.7 Å². The number of rotatable bonds is 6. The van der Waals surface area contributed by atoms with Gasteiger partial charge in [0.25, 0.3) is 10.0 Å². The van der Waals surface area contributed by atoms with Gasteiger partial charge in [0.15, 0.2) is 11.6 Å². The molecule has 2 N–H and O–H groups in total. The third kappa shape index (κ3) is 5.50. The normalized spacial score (nSPS) is 11.9. The largest absolute Gasteiger partial charge is 0.573 e. The van der Waals surface area contributed by atoms with Gasteiger partial charge >= 0.3 is 6.36 Å². The fourth-order valence-electron chi connectivity index (χ4n) is 3.00. The molecule has 1 heterocycles. The molecule has 0 spiro atoms. The second-order valence-corrected chi connectivity index (χ2v) is 8.71. The molecule has 1 aromatic heterocycles. The molecule has 170 valence electrons. The summed E-state index contributed by atoms with van der Waals surface area (Å²) in [4.78, 5) is 8.87. The van der Waals surface area contributed by atoms with Crippen LogP contribution in [-0.4, -0.2) is 24.7 Å². The van der Waals surface area contributed by atoms with E-state index in [4.69, 9.17) is 0 Å². The maximum Gasteiger partial charge on any atom is 0.573 e. The van der Waals surface area contributed by atoms with Gasteiger partial charge in [-0.2, -0.15) is 0 Å². The average Bonchev–Trinajstić information content (AvgIpc) is 2.74. The number of alkyl halides is 3. The SMILES string of the molecule is Cc1cccc(S(=O)(=O)Nc2nc3ccccc3nc2Nc2ccc(OC(F)(F)F)cc2)c1. The van der Waals surface area contributed by atoms with Crippen molar-refractivity contribution in [1.82, 2.24) is 9.97 Å². The molecule has 0 amide bonds. The van der Waals surface area contributed by atoms with Crippen LogP contribution in [0.3, 0.4) is 0 Å². The molecule has 4 rings (SSSR count). The fraction of sp³-hybridized carbons (Fsp3) is 0.0909. The van der Waals surface area contributed by atoms with Crippen LogP contribution in [-0.2, 0) is 10.0 Å². The predicted molar refractivity (Wildman–Crippen MR) is 118 cm³/mol. The number of sulfonamides is 1. The lowest BCUT2D eigenvalue weighted by Gasteiger charge is -2.14. The second-order valence-electron chi connectivity index (χ2n) is 7.03. The quantitative estimate of drug-likeness (QED) is 0.390. The van der Waals surface area contributed by atoms with E-state index in [1.807, 2.05) is 0 Å². The standard InChI is InChI=1S/C22H17F3N4O3S/c1-14-5-4-6-17(13-14)33(30,31)29-21-20(27-18-7-2-3-8-19(18)28-21)26-15-9-11-16(12-10-15)32-22(23,24)25/h2-13H,1H3,(H,26,27)(H,28,29). The summed E-state index contributed by atoms with van der Waals surface area (Å²) in [7, 11) is -3.98. The van der Waals surface area contributed by atoms with E-state index in [0.717, 1.165) is 17.7 Å². The summed E-state index contributed by atoms with van der Waals surface area (Å²) < 4.78 is 69.4. The zero-order valence-electron chi connectivity index (χ0n) is 17.1. The van der Waals surface area contributed by atoms with Crippen molar-refractivity contribution in [2.45, 2.75) is 18.2 Å². The molecule has 0 saturated heterocycles. The molecule has 11 heteroatoms. The predicted octanol–water partition coefficient (Wildman–Crippen LogP) is 5.38. The molecule has 0 radical (unpaired) electrons. The third-order valence-corrected chi connectivity index (χ3v) is 5.79. The van der Waals surface area contributed by atoms with Gasteiger partial charge in [-0.25, -0.2) is 18.4 Å². The Morgan fingerprint density at radius 3 is 2.09 bits per heavy atom. The number of fused-ring (bicyclic) bond motifs is 1. The molecule has 0 aliphatic heterocycles. The number of hydrogen-bond acceptors (Lipinski definition) is 6. The van der Waals surface area contributed by atoms with Crippen molar-refractivity contribution in [3.05, 3.63) is 78.4 Å². The van der Waals surface area contributed by atoms with Crippen LogP contribution in [0.5, 0.6) is 5.75 Å². The molecule has 0 fully saturated rings. The minimum atomic E-state index is -4.81. The lowest BCUT2D eigenvalue weighted by Crippen LogP contribution is -2.17. The van der Waals surface area contributed by atoms with Crippen molar-refractivity contribution in [3.8, 4) is 5.75 Å². The van der Waals surface area contributed by atoms with E-state index in [0.29, 0.717) is 16.7 Å². The molecule has 3 aromatic carbocycles. The number of halogens is 3. The summed E-state index contributed by atoms with van der Waals surface area (Å²) in [5.74, 6) is -0.377. The number of para-hydroxylation sites is 2. The molecule has 0 aliphatic rings. The van der Waals surface area contributed by atoms with Crippen molar-refractivity contribution in [2.75, 3.05) is 10.0 Å². The van der Waals surface area contributed by atoms with Crippen molar-refractivity contribution < 1.29 is 26.3 Å². The minimum absolute atomic E-state index is 0.0528. The molecule has 0 atom stereocenters. The first-order chi connectivity index (χ1) is 15.6. The molecule has 0 unspecified atom stereocenters. The molecule has 7 nitrogen and oxygen atoms in total. The summed E-state index contributed by atoms with van der Waals surface area (Å²) >= 11 is 0. The van der Waals surface area contributed by atoms with Crippen molar-refractivity contribution >= 4 is 38.4 Å². The molecule has 4 aromatic rings. The number of ether oxygens (including phenoxy) is 1. The van der Waals surface area contributed by atoms with Gasteiger partial charge in [-0.15, -0.1) is 13.2 Å². The van der Waals surface area contributed by atoms with E-state index in [1.54, 1.807) is 43.3 Å². The highest BCUT2D eigenvalue weighted by molar-refractivity contribution is 7.92. The summed E-state index contributed by atoms with van der Waals surface area (Å²) in [6.07, 6.45) is -4.81. The molecular formula is C22H17F3N4O3S. The Morgan fingerprint density at radius 2 is 1.48 bits per heavy atom. The summed E-state index contributed by atoms with van der Waals surface area (Å²) in [6, 6.07) is 18.2. The minimum Gasteiger partial charge on any atom is -0.406 e. The molecular weight excluding hydrogens is 457 g/mol. The van der Waals surface area contributed by atoms with Crippen molar-refractivity contribution in [1.29, 1.82) is 0 Å². The van der Waals surface area contributed by atoms with Gasteiger partial charge in [0.2, 0.25) is 0 Å². The average molecular weight is 474 g/mol. The van der Waals surface area contributed by atoms with E-state index in [1.165, 1.54) is 24.3 Å². The lowest BCUT2D eigenvalue weighted by atomic mass is 10.2. The number of benzene rings is 3. The van der Waals surface area contributed by atoms with Gasteiger partial charge in [0.1, 0.15) is 5.75 Å². The lowest BCUT2D eigenvalue weighted by molar-refractivity contribution is -0.274. The Labute approximate surface area is 187 Å². The first kappa shape index (κ1) is 22.3. The highest BCUT2D eigenvalue weighted by Gasteiger charge is 2.31. The highest BCUT2D eigenvalue weighted by atomic mass is 32.2. The van der Waals surface area contributed by atoms with Gasteiger partial charge in [-0.05, 0) is 61.0 Å². The zero-order valence-corrected chi connectivity index (χ0v) is 17.9. The molecule has 0 aliphatic carbocycles. The topological polar surface area (TPSA) is 93.2 Å². The van der Waals surface area contributed by atoms with Crippen LogP contribution >= 0.6 is 0 Å². The van der Waals surface area contributed by atoms with Gasteiger partial charge in [-0.3, -0.25) is 4.72 Å². The van der Waals surface area contributed by atoms with Gasteiger partial charge in [-0.1, -0.05) is 24.3 Å². The van der Waals surface area contributed by atoms with Crippen LogP contribution in [0.1, 0.15) is 5.56 Å². The van der Waals surface area contributed by atoms with E-state index in [2.05, 4.69) is 24.7 Å². The van der Waals surface area contributed by atoms with E-state index >= 15 is 0 Å². The Kier molecular flexibility index (Phi) is 5.81. The Hall–Kier alpha value is -3.86. The van der Waals surface area contributed by atoms with Gasteiger partial charge in [0.05, 0.1) is 15.9 Å². The fourth-order valence-corrected chi connectivity index (χ4v) is 4.12. The maximum absolute atomic E-state index is 12.9. The number of aryl methyl sites for hydroxylation is 1. The first-order valence-electron chi connectivity index (χ1n) is 9.58. The maximum atomic E-state index is 12.9. The van der Waals surface area contributed by atoms with Crippen LogP contribution in [0.2, 0.25) is 0 Å². The Balaban J connectivity index is 1.69. The summed E-state index contributed by atoms with van der Waals surface area (Å²) in [5, 5.41) is 2.90. The monoisotopic (exact) mass is 474 g/mol. The number of nitrogens with zero attached hydrogens (tertiary/aromatic N) is 2. The van der Waals surface area contributed by atoms with E-state index in [-0.39, 0.29) is 16.5 Å². The van der Waals surface area contributed by atoms with E-state index in [9.17, 15) is 21.6 Å². The van der Waals surface area contributed by atoms with Crippen LogP contribution in [0, 0.1) is 6.92 Å². The number of nitrogens with one attached hydrogen (secondary N) is 2. The zero-order chi connectivity index (χ0) is 23.6. The number of anilines is 3. The first-order valence-corrected chi connectivity index (χ1v) is 11.1. The third-order valence-electron chi connectivity index (χ3n) is 4.45. The van der Waals surface area contributed by atoms with E-state index < -0.39 is 22.1 Å². The van der Waals surface area contributed by atoms with Crippen molar-refractivity contribution in [2.24, 2.45) is 0 Å². The molecule has 0 saturated carbocycles. The van der Waals surface area contributed by atoms with Crippen molar-refractivity contribution in [3.63, 3.8) is 0 Å².